The molecule has 0 saturated carbocycles. The zero-order chi connectivity index (χ0) is 31.7. The third-order valence-electron chi connectivity index (χ3n) is 7.46. The molecule has 238 valence electrons. The summed E-state index contributed by atoms with van der Waals surface area (Å²) in [6.45, 7) is 5.42. The predicted octanol–water partition coefficient (Wildman–Crippen LogP) is 2.58. The number of aliphatic hydroxyl groups is 6. The Hall–Kier alpha value is -2.60. The topological polar surface area (TPSA) is 185 Å². The van der Waals surface area contributed by atoms with Crippen molar-refractivity contribution in [1.29, 1.82) is 0 Å². The minimum atomic E-state index is -1.54. The molecule has 1 aliphatic rings. The summed E-state index contributed by atoms with van der Waals surface area (Å²) >= 11 is 0. The van der Waals surface area contributed by atoms with Crippen LogP contribution in [-0.4, -0.2) is 90.4 Å². The quantitative estimate of drug-likeness (QED) is 0.234. The lowest BCUT2D eigenvalue weighted by molar-refractivity contribution is -0.159. The Balaban J connectivity index is 3.03. The number of carbonyl (C=O) groups excluding carboxylic acids is 1. The van der Waals surface area contributed by atoms with Crippen molar-refractivity contribution in [3.05, 3.63) is 60.8 Å². The fourth-order valence-corrected chi connectivity index (χ4v) is 4.69. The molecule has 7 N–H and O–H groups in total. The van der Waals surface area contributed by atoms with E-state index in [-0.39, 0.29) is 38.0 Å². The number of cyclic esters (lactones) is 1. The van der Waals surface area contributed by atoms with Crippen molar-refractivity contribution in [2.45, 2.75) is 108 Å². The van der Waals surface area contributed by atoms with Crippen molar-refractivity contribution >= 4 is 11.9 Å². The number of hydrogen-bond acceptors (Lipinski definition) is 9. The predicted molar refractivity (Wildman–Crippen MR) is 159 cm³/mol. The fraction of sp³-hybridized carbons (Fsp3) is 0.625. The van der Waals surface area contributed by atoms with Gasteiger partial charge in [-0.15, -0.1) is 0 Å². The molecule has 1 aliphatic heterocycles. The van der Waals surface area contributed by atoms with Gasteiger partial charge in [-0.05, 0) is 39.0 Å². The minimum Gasteiger partial charge on any atom is -0.481 e. The van der Waals surface area contributed by atoms with Crippen LogP contribution >= 0.6 is 0 Å². The molecule has 10 atom stereocenters. The lowest BCUT2D eigenvalue weighted by Gasteiger charge is -2.26. The zero-order valence-corrected chi connectivity index (χ0v) is 24.9. The number of aliphatic hydroxyl groups excluding tert-OH is 6. The van der Waals surface area contributed by atoms with Crippen LogP contribution in [0.25, 0.3) is 0 Å². The molecule has 0 saturated heterocycles. The first kappa shape index (κ1) is 37.4. The van der Waals surface area contributed by atoms with E-state index in [0.29, 0.717) is 12.8 Å². The first-order valence-electron chi connectivity index (χ1n) is 14.7. The van der Waals surface area contributed by atoms with Crippen molar-refractivity contribution in [3.8, 4) is 0 Å². The molecule has 0 aromatic rings. The van der Waals surface area contributed by atoms with Gasteiger partial charge in [-0.25, -0.2) is 0 Å². The highest BCUT2D eigenvalue weighted by Crippen LogP contribution is 2.22. The Labute approximate surface area is 249 Å². The second kappa shape index (κ2) is 20.3. The molecule has 0 spiro atoms. The summed E-state index contributed by atoms with van der Waals surface area (Å²) in [5.41, 5.74) is 0. The zero-order valence-electron chi connectivity index (χ0n) is 24.9. The normalized spacial score (nSPS) is 39.5. The van der Waals surface area contributed by atoms with E-state index in [1.165, 1.54) is 12.2 Å². The third kappa shape index (κ3) is 14.5. The van der Waals surface area contributed by atoms with E-state index < -0.39 is 66.5 Å². The van der Waals surface area contributed by atoms with Crippen LogP contribution in [0, 0.1) is 17.8 Å². The maximum absolute atomic E-state index is 12.8. The molecule has 0 radical (unpaired) electrons. The molecule has 0 unspecified atom stereocenters. The molecule has 0 amide bonds. The van der Waals surface area contributed by atoms with Crippen molar-refractivity contribution in [1.82, 2.24) is 0 Å². The molecule has 1 rings (SSSR count). The monoisotopic (exact) mass is 594 g/mol. The van der Waals surface area contributed by atoms with Crippen molar-refractivity contribution in [2.75, 3.05) is 0 Å². The average Bonchev–Trinajstić information content (AvgIpc) is 2.88. The highest BCUT2D eigenvalue weighted by atomic mass is 16.5. The van der Waals surface area contributed by atoms with Gasteiger partial charge in [0, 0.05) is 18.8 Å². The van der Waals surface area contributed by atoms with Gasteiger partial charge < -0.3 is 40.5 Å². The molecular weight excluding hydrogens is 544 g/mol. The molecule has 0 aliphatic carbocycles. The van der Waals surface area contributed by atoms with Crippen LogP contribution in [0.3, 0.4) is 0 Å². The number of allylic oxidation sites excluding steroid dienone is 8. The maximum atomic E-state index is 12.8. The van der Waals surface area contributed by atoms with E-state index in [1.54, 1.807) is 50.3 Å². The molecule has 1 heterocycles. The van der Waals surface area contributed by atoms with Gasteiger partial charge in [-0.2, -0.15) is 0 Å². The van der Waals surface area contributed by atoms with Crippen LogP contribution in [0.4, 0.5) is 0 Å². The highest BCUT2D eigenvalue weighted by Gasteiger charge is 2.34. The van der Waals surface area contributed by atoms with Crippen LogP contribution in [0.15, 0.2) is 60.8 Å². The Morgan fingerprint density at radius 2 is 1.26 bits per heavy atom. The number of esters is 1. The van der Waals surface area contributed by atoms with Gasteiger partial charge in [-0.1, -0.05) is 74.6 Å². The number of carboxylic acids is 1. The molecule has 10 nitrogen and oxygen atoms in total. The van der Waals surface area contributed by atoms with Crippen molar-refractivity contribution in [3.63, 3.8) is 0 Å². The minimum absolute atomic E-state index is 0.0454. The number of ether oxygens (including phenoxy) is 1. The van der Waals surface area contributed by atoms with Crippen LogP contribution in [0.2, 0.25) is 0 Å². The van der Waals surface area contributed by atoms with Crippen LogP contribution in [0.5, 0.6) is 0 Å². The van der Waals surface area contributed by atoms with Crippen LogP contribution in [0.1, 0.15) is 65.7 Å². The van der Waals surface area contributed by atoms with Crippen molar-refractivity contribution < 1.29 is 50.1 Å². The summed E-state index contributed by atoms with van der Waals surface area (Å²) in [6.07, 6.45) is 9.65. The number of carbonyl (C=O) groups is 2. The lowest BCUT2D eigenvalue weighted by Crippen LogP contribution is -2.39. The number of aliphatic carboxylic acids is 1. The van der Waals surface area contributed by atoms with E-state index in [0.717, 1.165) is 0 Å². The molecule has 0 bridgehead atoms. The Kier molecular flexibility index (Phi) is 18.1. The summed E-state index contributed by atoms with van der Waals surface area (Å²) in [5.74, 6) is -4.42. The Morgan fingerprint density at radius 3 is 1.81 bits per heavy atom. The Morgan fingerprint density at radius 1 is 0.762 bits per heavy atom. The average molecular weight is 595 g/mol. The summed E-state index contributed by atoms with van der Waals surface area (Å²) in [7, 11) is 0. The van der Waals surface area contributed by atoms with Gasteiger partial charge in [0.05, 0.1) is 42.5 Å². The number of rotatable bonds is 2. The standard InChI is InChI=1S/C32H50O10/c1-4-26-28(37)20-25(35)18-23(33)15-13-16-24(34)19-29(38)30(31(39)40)27(36)17-12-10-8-6-5-7-9-11-14-21(2)22(3)42-32(26)41/h5-12,14,17,21-30,33-38H,4,13,15-16,18-20H2,1-3H3,(H,39,40)/b6-5+,9-7+,10-8+,14-11+,17-12+/t21-,22+,23-,24+,25-,26+,27+,28-,29+,30-/m0/s1. The Bertz CT molecular complexity index is 940. The molecule has 10 heteroatoms. The van der Waals surface area contributed by atoms with E-state index in [4.69, 9.17) is 4.74 Å². The van der Waals surface area contributed by atoms with Crippen LogP contribution < -0.4 is 0 Å². The second-order valence-electron chi connectivity index (χ2n) is 11.0. The SMILES string of the molecule is CC[C@H]1C(=O)O[C@H](C)[C@@H](C)/C=C/C=C/C=C/C=C/C=C/[C@@H](O)[C@H](C(=O)O)[C@H](O)C[C@H](O)CCC[C@H](O)C[C@H](O)C[C@@H]1O. The van der Waals surface area contributed by atoms with Gasteiger partial charge >= 0.3 is 11.9 Å². The van der Waals surface area contributed by atoms with E-state index >= 15 is 0 Å². The molecule has 0 aromatic carbocycles. The first-order valence-corrected chi connectivity index (χ1v) is 14.7. The van der Waals surface area contributed by atoms with Gasteiger partial charge in [-0.3, -0.25) is 9.59 Å². The summed E-state index contributed by atoms with van der Waals surface area (Å²) in [6, 6.07) is 0. The van der Waals surface area contributed by atoms with E-state index in [9.17, 15) is 45.3 Å². The third-order valence-corrected chi connectivity index (χ3v) is 7.46. The number of carboxylic acid groups (broad SMARTS) is 1. The van der Waals surface area contributed by atoms with Crippen molar-refractivity contribution in [2.24, 2.45) is 17.8 Å². The maximum Gasteiger partial charge on any atom is 0.312 e. The second-order valence-corrected chi connectivity index (χ2v) is 11.0. The fourth-order valence-electron chi connectivity index (χ4n) is 4.69. The van der Waals surface area contributed by atoms with Crippen LogP contribution in [-0.2, 0) is 14.3 Å². The van der Waals surface area contributed by atoms with Gasteiger partial charge in [0.15, 0.2) is 0 Å². The van der Waals surface area contributed by atoms with E-state index in [1.807, 2.05) is 19.1 Å². The first-order chi connectivity index (χ1) is 19.9. The smallest absolute Gasteiger partial charge is 0.312 e. The number of hydrogen-bond donors (Lipinski definition) is 7. The molecule has 42 heavy (non-hydrogen) atoms. The molecular formula is C32H50O10. The lowest BCUT2D eigenvalue weighted by atomic mass is 9.90. The van der Waals surface area contributed by atoms with E-state index in [2.05, 4.69) is 0 Å². The molecule has 0 fully saturated rings. The van der Waals surface area contributed by atoms with Gasteiger partial charge in [0.25, 0.3) is 0 Å². The summed E-state index contributed by atoms with van der Waals surface area (Å²) < 4.78 is 5.59. The summed E-state index contributed by atoms with van der Waals surface area (Å²) in [5, 5.41) is 72.0. The molecule has 0 aromatic heterocycles. The highest BCUT2D eigenvalue weighted by molar-refractivity contribution is 5.73. The van der Waals surface area contributed by atoms with Gasteiger partial charge in [0.2, 0.25) is 0 Å². The van der Waals surface area contributed by atoms with Gasteiger partial charge in [0.1, 0.15) is 12.0 Å². The summed E-state index contributed by atoms with van der Waals surface area (Å²) in [4.78, 5) is 24.5. The largest absolute Gasteiger partial charge is 0.481 e.